The number of para-hydroxylation sites is 1. The van der Waals surface area contributed by atoms with Gasteiger partial charge in [0.1, 0.15) is 11.8 Å². The van der Waals surface area contributed by atoms with Crippen LogP contribution in [0.4, 0.5) is 5.69 Å². The van der Waals surface area contributed by atoms with E-state index < -0.39 is 0 Å². The standard InChI is InChI=1S/C15H12N/c1-3-8-14(9-4-1)10-7-13-16-15-11-5-2-6-12-15/h1-9,11-13H/q+1. The lowest BCUT2D eigenvalue weighted by molar-refractivity contribution is 1.53. The van der Waals surface area contributed by atoms with Crippen molar-refractivity contribution in [2.24, 2.45) is 4.99 Å². The smallest absolute Gasteiger partial charge is 0.146 e. The highest BCUT2D eigenvalue weighted by molar-refractivity contribution is 5.74. The van der Waals surface area contributed by atoms with Crippen molar-refractivity contribution in [3.63, 3.8) is 0 Å². The maximum Gasteiger partial charge on any atom is 0.146 e. The Hall–Kier alpha value is -2.24. The van der Waals surface area contributed by atoms with Crippen LogP contribution in [0.2, 0.25) is 0 Å². The molecule has 0 bridgehead atoms. The van der Waals surface area contributed by atoms with Crippen molar-refractivity contribution in [2.75, 3.05) is 0 Å². The number of nitrogens with zero attached hydrogens (tertiary/aromatic N) is 1. The number of allylic oxidation sites excluding steroid dienone is 1. The van der Waals surface area contributed by atoms with Crippen LogP contribution < -0.4 is 0 Å². The Morgan fingerprint density at radius 1 is 0.812 bits per heavy atom. The molecule has 2 aromatic rings. The molecule has 0 aliphatic rings. The molecule has 0 N–H and O–H groups in total. The highest BCUT2D eigenvalue weighted by Gasteiger charge is 1.90. The van der Waals surface area contributed by atoms with Crippen molar-refractivity contribution in [3.8, 4) is 0 Å². The predicted molar refractivity (Wildman–Crippen MR) is 68.0 cm³/mol. The van der Waals surface area contributed by atoms with Crippen molar-refractivity contribution >= 4 is 11.9 Å². The van der Waals surface area contributed by atoms with Gasteiger partial charge in [-0.3, -0.25) is 0 Å². The van der Waals surface area contributed by atoms with Gasteiger partial charge in [0.25, 0.3) is 0 Å². The fraction of sp³-hybridized carbons (Fsp3) is 0. The lowest BCUT2D eigenvalue weighted by atomic mass is 10.2. The molecule has 0 aromatic heterocycles. The van der Waals surface area contributed by atoms with Gasteiger partial charge in [0, 0.05) is 18.2 Å². The molecule has 1 heteroatoms. The molecule has 0 radical (unpaired) electrons. The van der Waals surface area contributed by atoms with E-state index in [4.69, 9.17) is 0 Å². The van der Waals surface area contributed by atoms with E-state index in [2.05, 4.69) is 11.1 Å². The SMILES string of the molecule is [C+](=CC=Nc1ccccc1)c1ccccc1. The summed E-state index contributed by atoms with van der Waals surface area (Å²) >= 11 is 0. The maximum atomic E-state index is 4.28. The van der Waals surface area contributed by atoms with Gasteiger partial charge in [-0.25, -0.2) is 4.99 Å². The molecule has 16 heavy (non-hydrogen) atoms. The summed E-state index contributed by atoms with van der Waals surface area (Å²) in [6.45, 7) is 0. The normalized spacial score (nSPS) is 10.8. The van der Waals surface area contributed by atoms with Gasteiger partial charge in [0.15, 0.2) is 0 Å². The summed E-state index contributed by atoms with van der Waals surface area (Å²) in [6, 6.07) is 19.8. The Bertz CT molecular complexity index is 422. The average Bonchev–Trinajstić information content (AvgIpc) is 2.37. The van der Waals surface area contributed by atoms with Crippen LogP contribution in [-0.4, -0.2) is 6.21 Å². The summed E-state index contributed by atoms with van der Waals surface area (Å²) in [5.41, 5.74) is 2.01. The summed E-state index contributed by atoms with van der Waals surface area (Å²) in [5.74, 6) is 0. The monoisotopic (exact) mass is 206 g/mol. The molecule has 2 aromatic carbocycles. The second-order valence-electron chi connectivity index (χ2n) is 3.29. The van der Waals surface area contributed by atoms with Gasteiger partial charge in [-0.2, -0.15) is 0 Å². The first-order valence-electron chi connectivity index (χ1n) is 5.18. The van der Waals surface area contributed by atoms with Crippen molar-refractivity contribution in [2.45, 2.75) is 0 Å². The lowest BCUT2D eigenvalue weighted by Gasteiger charge is -1.85. The molecule has 0 saturated heterocycles. The van der Waals surface area contributed by atoms with Crippen LogP contribution in [-0.2, 0) is 0 Å². The fourth-order valence-corrected chi connectivity index (χ4v) is 1.31. The molecule has 76 valence electrons. The Balaban J connectivity index is 1.98. The molecular weight excluding hydrogens is 194 g/mol. The Kier molecular flexibility index (Phi) is 3.60. The molecule has 0 aliphatic carbocycles. The van der Waals surface area contributed by atoms with Crippen LogP contribution in [0.1, 0.15) is 5.56 Å². The molecular formula is C15H12N+. The summed E-state index contributed by atoms with van der Waals surface area (Å²) in [4.78, 5) is 4.28. The van der Waals surface area contributed by atoms with Gasteiger partial charge in [-0.1, -0.05) is 18.2 Å². The lowest BCUT2D eigenvalue weighted by Crippen LogP contribution is -1.72. The van der Waals surface area contributed by atoms with Gasteiger partial charge in [-0.15, -0.1) is 0 Å². The first kappa shape index (κ1) is 10.3. The Morgan fingerprint density at radius 3 is 2.12 bits per heavy atom. The minimum absolute atomic E-state index is 0.952. The van der Waals surface area contributed by atoms with Crippen LogP contribution in [0.15, 0.2) is 71.7 Å². The highest BCUT2D eigenvalue weighted by atomic mass is 14.7. The van der Waals surface area contributed by atoms with Gasteiger partial charge < -0.3 is 0 Å². The molecule has 0 aliphatic heterocycles. The number of benzene rings is 2. The molecule has 0 spiro atoms. The number of hydrogen-bond donors (Lipinski definition) is 0. The molecule has 0 heterocycles. The average molecular weight is 206 g/mol. The zero-order chi connectivity index (χ0) is 11.1. The summed E-state index contributed by atoms with van der Waals surface area (Å²) < 4.78 is 0. The van der Waals surface area contributed by atoms with Crippen molar-refractivity contribution < 1.29 is 0 Å². The second-order valence-corrected chi connectivity index (χ2v) is 3.29. The van der Waals surface area contributed by atoms with E-state index in [9.17, 15) is 0 Å². The molecule has 0 atom stereocenters. The van der Waals surface area contributed by atoms with Crippen LogP contribution >= 0.6 is 0 Å². The first-order chi connectivity index (χ1) is 7.95. The van der Waals surface area contributed by atoms with Crippen molar-refractivity contribution in [1.82, 2.24) is 0 Å². The summed E-state index contributed by atoms with van der Waals surface area (Å²) in [7, 11) is 0. The topological polar surface area (TPSA) is 12.4 Å². The van der Waals surface area contributed by atoms with Gasteiger partial charge in [-0.05, 0) is 30.3 Å². The molecule has 0 amide bonds. The third-order valence-corrected chi connectivity index (χ3v) is 2.08. The summed E-state index contributed by atoms with van der Waals surface area (Å²) in [6.07, 6.45) is 6.71. The largest absolute Gasteiger partial charge is 0.208 e. The van der Waals surface area contributed by atoms with Crippen molar-refractivity contribution in [3.05, 3.63) is 78.4 Å². The molecule has 1 nitrogen and oxygen atoms in total. The zero-order valence-electron chi connectivity index (χ0n) is 8.88. The van der Waals surface area contributed by atoms with Crippen LogP contribution in [0.3, 0.4) is 0 Å². The Morgan fingerprint density at radius 2 is 1.44 bits per heavy atom. The minimum atomic E-state index is 0.952. The number of hydrogen-bond acceptors (Lipinski definition) is 1. The van der Waals surface area contributed by atoms with Crippen LogP contribution in [0, 0.1) is 6.08 Å². The van der Waals surface area contributed by atoms with E-state index >= 15 is 0 Å². The first-order valence-corrected chi connectivity index (χ1v) is 5.18. The predicted octanol–water partition coefficient (Wildman–Crippen LogP) is 3.80. The van der Waals surface area contributed by atoms with Crippen LogP contribution in [0.25, 0.3) is 0 Å². The van der Waals surface area contributed by atoms with E-state index in [1.807, 2.05) is 66.7 Å². The quantitative estimate of drug-likeness (QED) is 0.535. The van der Waals surface area contributed by atoms with Gasteiger partial charge in [0.05, 0.1) is 11.8 Å². The maximum absolute atomic E-state index is 4.28. The third kappa shape index (κ3) is 3.16. The van der Waals surface area contributed by atoms with Gasteiger partial charge in [0.2, 0.25) is 0 Å². The van der Waals surface area contributed by atoms with E-state index in [-0.39, 0.29) is 0 Å². The molecule has 0 saturated carbocycles. The minimum Gasteiger partial charge on any atom is -0.208 e. The highest BCUT2D eigenvalue weighted by Crippen LogP contribution is 2.08. The molecule has 0 fully saturated rings. The van der Waals surface area contributed by atoms with E-state index in [0.29, 0.717) is 0 Å². The zero-order valence-corrected chi connectivity index (χ0v) is 8.88. The van der Waals surface area contributed by atoms with Gasteiger partial charge >= 0.3 is 0 Å². The number of aliphatic imine (C=N–C) groups is 1. The molecule has 2 rings (SSSR count). The van der Waals surface area contributed by atoms with Crippen molar-refractivity contribution in [1.29, 1.82) is 0 Å². The molecule has 0 unspecified atom stereocenters. The van der Waals surface area contributed by atoms with E-state index in [1.165, 1.54) is 0 Å². The second kappa shape index (κ2) is 5.59. The summed E-state index contributed by atoms with van der Waals surface area (Å²) in [5, 5.41) is 0. The van der Waals surface area contributed by atoms with E-state index in [1.54, 1.807) is 6.21 Å². The third-order valence-electron chi connectivity index (χ3n) is 2.08. The van der Waals surface area contributed by atoms with E-state index in [0.717, 1.165) is 11.3 Å². The fourth-order valence-electron chi connectivity index (χ4n) is 1.31. The van der Waals surface area contributed by atoms with Crippen LogP contribution in [0.5, 0.6) is 0 Å². The Labute approximate surface area is 95.8 Å². The number of rotatable bonds is 3.